The summed E-state index contributed by atoms with van der Waals surface area (Å²) in [5.41, 5.74) is 1.79. The highest BCUT2D eigenvalue weighted by molar-refractivity contribution is 5.94. The molecule has 8 nitrogen and oxygen atoms in total. The van der Waals surface area contributed by atoms with Crippen molar-refractivity contribution in [2.24, 2.45) is 0 Å². The molecular weight excluding hydrogens is 358 g/mol. The summed E-state index contributed by atoms with van der Waals surface area (Å²) < 4.78 is 13.0. The number of nitrogens with zero attached hydrogens (tertiary/aromatic N) is 5. The van der Waals surface area contributed by atoms with Crippen LogP contribution in [0.2, 0.25) is 0 Å². The van der Waals surface area contributed by atoms with E-state index in [-0.39, 0.29) is 12.0 Å². The molecule has 0 radical (unpaired) electrons. The zero-order chi connectivity index (χ0) is 19.3. The van der Waals surface area contributed by atoms with Crippen molar-refractivity contribution >= 4 is 5.91 Å². The first-order valence-electron chi connectivity index (χ1n) is 9.08. The summed E-state index contributed by atoms with van der Waals surface area (Å²) in [5.74, 6) is 0.709. The molecule has 1 aliphatic rings. The number of rotatable bonds is 6. The Hall–Kier alpha value is -3.42. The van der Waals surface area contributed by atoms with Crippen LogP contribution in [-0.2, 0) is 6.54 Å². The third-order valence-electron chi connectivity index (χ3n) is 4.66. The number of likely N-dealkylation sites (tertiary alicyclic amines) is 1. The quantitative estimate of drug-likeness (QED) is 0.652. The number of hydrogen-bond acceptors (Lipinski definition) is 6. The van der Waals surface area contributed by atoms with Gasteiger partial charge in [0.25, 0.3) is 17.7 Å². The number of amides is 1. The molecule has 1 fully saturated rings. The summed E-state index contributed by atoms with van der Waals surface area (Å²) in [6, 6.07) is 7.69. The van der Waals surface area contributed by atoms with E-state index < -0.39 is 0 Å². The topological polar surface area (TPSA) is 82.4 Å². The van der Waals surface area contributed by atoms with Crippen LogP contribution < -0.4 is 9.47 Å². The van der Waals surface area contributed by atoms with E-state index in [0.717, 1.165) is 18.5 Å². The smallest absolute Gasteiger partial charge is 0.278 e. The van der Waals surface area contributed by atoms with Crippen molar-refractivity contribution < 1.29 is 14.3 Å². The molecule has 0 unspecified atom stereocenters. The van der Waals surface area contributed by atoms with Crippen molar-refractivity contribution in [2.45, 2.75) is 19.1 Å². The van der Waals surface area contributed by atoms with Gasteiger partial charge in [-0.1, -0.05) is 12.1 Å². The first-order valence-corrected chi connectivity index (χ1v) is 9.08. The molecular formula is C20H21N5O3. The molecule has 1 aromatic carbocycles. The number of carbonyl (C=O) groups is 1. The van der Waals surface area contributed by atoms with Crippen LogP contribution in [0.3, 0.4) is 0 Å². The fourth-order valence-electron chi connectivity index (χ4n) is 3.23. The number of aromatic nitrogens is 4. The lowest BCUT2D eigenvalue weighted by molar-refractivity contribution is 0.0770. The second-order valence-corrected chi connectivity index (χ2v) is 6.58. The van der Waals surface area contributed by atoms with Gasteiger partial charge in [-0.15, -0.1) is 0 Å². The monoisotopic (exact) mass is 379 g/mol. The molecule has 1 amide bonds. The van der Waals surface area contributed by atoms with E-state index in [1.54, 1.807) is 29.8 Å². The zero-order valence-corrected chi connectivity index (χ0v) is 15.6. The number of ether oxygens (including phenoxy) is 2. The van der Waals surface area contributed by atoms with Gasteiger partial charge in [-0.3, -0.25) is 4.79 Å². The molecule has 0 spiro atoms. The Balaban J connectivity index is 1.36. The van der Waals surface area contributed by atoms with E-state index in [1.807, 2.05) is 35.0 Å². The highest BCUT2D eigenvalue weighted by Gasteiger charge is 2.29. The van der Waals surface area contributed by atoms with Gasteiger partial charge in [-0.25, -0.2) is 15.0 Å². The number of hydrogen-bond donors (Lipinski definition) is 0. The molecule has 1 saturated heterocycles. The minimum Gasteiger partial charge on any atom is -0.477 e. The third kappa shape index (κ3) is 3.95. The number of imidazole rings is 1. The highest BCUT2D eigenvalue weighted by Crippen LogP contribution is 2.24. The average Bonchev–Trinajstić information content (AvgIpc) is 3.41. The second kappa shape index (κ2) is 8.08. The van der Waals surface area contributed by atoms with E-state index in [9.17, 15) is 4.79 Å². The van der Waals surface area contributed by atoms with Gasteiger partial charge in [0.15, 0.2) is 0 Å². The Bertz CT molecular complexity index is 927. The molecule has 0 bridgehead atoms. The van der Waals surface area contributed by atoms with Crippen LogP contribution in [0.4, 0.5) is 0 Å². The summed E-state index contributed by atoms with van der Waals surface area (Å²) in [6.07, 6.45) is 9.15. The summed E-state index contributed by atoms with van der Waals surface area (Å²) in [4.78, 5) is 26.9. The van der Waals surface area contributed by atoms with Crippen LogP contribution in [0.5, 0.6) is 11.8 Å². The molecule has 8 heteroatoms. The van der Waals surface area contributed by atoms with Gasteiger partial charge in [0.05, 0.1) is 20.0 Å². The SMILES string of the molecule is COc1nccnc1O[C@H]1CCN(C(=O)c2ccc(Cn3ccnc3)cc2)C1. The minimum atomic E-state index is -0.130. The number of benzene rings is 1. The lowest BCUT2D eigenvalue weighted by Crippen LogP contribution is -2.31. The fourth-order valence-corrected chi connectivity index (χ4v) is 3.23. The molecule has 1 atom stereocenters. The Morgan fingerprint density at radius 1 is 1.14 bits per heavy atom. The van der Waals surface area contributed by atoms with Gasteiger partial charge in [0.2, 0.25) is 0 Å². The predicted octanol–water partition coefficient (Wildman–Crippen LogP) is 2.02. The number of methoxy groups -OCH3 is 1. The van der Waals surface area contributed by atoms with Crippen molar-refractivity contribution in [2.75, 3.05) is 20.2 Å². The first-order chi connectivity index (χ1) is 13.7. The predicted molar refractivity (Wildman–Crippen MR) is 101 cm³/mol. The maximum absolute atomic E-state index is 12.8. The molecule has 3 heterocycles. The Morgan fingerprint density at radius 2 is 1.93 bits per heavy atom. The summed E-state index contributed by atoms with van der Waals surface area (Å²) in [6.45, 7) is 1.88. The summed E-state index contributed by atoms with van der Waals surface area (Å²) in [7, 11) is 1.53. The standard InChI is InChI=1S/C20H21N5O3/c1-27-18-19(23-8-7-22-18)28-17-6-10-25(13-17)20(26)16-4-2-15(3-5-16)12-24-11-9-21-14-24/h2-5,7-9,11,14,17H,6,10,12-13H2,1H3/t17-/m0/s1. The van der Waals surface area contributed by atoms with Crippen molar-refractivity contribution in [3.63, 3.8) is 0 Å². The van der Waals surface area contributed by atoms with Gasteiger partial charge >= 0.3 is 0 Å². The van der Waals surface area contributed by atoms with Crippen molar-refractivity contribution in [1.82, 2.24) is 24.4 Å². The van der Waals surface area contributed by atoms with E-state index in [4.69, 9.17) is 9.47 Å². The Morgan fingerprint density at radius 3 is 2.64 bits per heavy atom. The first kappa shape index (κ1) is 18.0. The van der Waals surface area contributed by atoms with E-state index in [1.165, 1.54) is 7.11 Å². The van der Waals surface area contributed by atoms with Crippen LogP contribution >= 0.6 is 0 Å². The molecule has 144 valence electrons. The maximum atomic E-state index is 12.8. The molecule has 3 aromatic rings. The van der Waals surface area contributed by atoms with Gasteiger partial charge < -0.3 is 18.9 Å². The number of carbonyl (C=O) groups excluding carboxylic acids is 1. The lowest BCUT2D eigenvalue weighted by Gasteiger charge is -2.17. The molecule has 1 aliphatic heterocycles. The van der Waals surface area contributed by atoms with Crippen LogP contribution in [0.15, 0.2) is 55.4 Å². The largest absolute Gasteiger partial charge is 0.477 e. The minimum absolute atomic E-state index is 0.00592. The van der Waals surface area contributed by atoms with Crippen LogP contribution in [0.25, 0.3) is 0 Å². The van der Waals surface area contributed by atoms with Crippen molar-refractivity contribution in [3.05, 3.63) is 66.5 Å². The molecule has 28 heavy (non-hydrogen) atoms. The van der Waals surface area contributed by atoms with Crippen LogP contribution in [-0.4, -0.2) is 56.6 Å². The lowest BCUT2D eigenvalue weighted by atomic mass is 10.1. The molecule has 2 aromatic heterocycles. The fraction of sp³-hybridized carbons (Fsp3) is 0.300. The van der Waals surface area contributed by atoms with Gasteiger partial charge in [-0.05, 0) is 17.7 Å². The zero-order valence-electron chi connectivity index (χ0n) is 15.6. The van der Waals surface area contributed by atoms with E-state index in [2.05, 4.69) is 15.0 Å². The van der Waals surface area contributed by atoms with Crippen molar-refractivity contribution in [1.29, 1.82) is 0 Å². The summed E-state index contributed by atoms with van der Waals surface area (Å²) >= 11 is 0. The molecule has 0 N–H and O–H groups in total. The van der Waals surface area contributed by atoms with E-state index >= 15 is 0 Å². The normalized spacial score (nSPS) is 16.2. The highest BCUT2D eigenvalue weighted by atomic mass is 16.5. The van der Waals surface area contributed by atoms with Crippen LogP contribution in [0.1, 0.15) is 22.3 Å². The second-order valence-electron chi connectivity index (χ2n) is 6.58. The van der Waals surface area contributed by atoms with Crippen LogP contribution in [0, 0.1) is 0 Å². The van der Waals surface area contributed by atoms with E-state index in [0.29, 0.717) is 30.4 Å². The summed E-state index contributed by atoms with van der Waals surface area (Å²) in [5, 5.41) is 0. The van der Waals surface area contributed by atoms with Gasteiger partial charge in [0, 0.05) is 49.9 Å². The molecule has 0 saturated carbocycles. The van der Waals surface area contributed by atoms with Gasteiger partial charge in [0.1, 0.15) is 6.10 Å². The van der Waals surface area contributed by atoms with Gasteiger partial charge in [-0.2, -0.15) is 0 Å². The third-order valence-corrected chi connectivity index (χ3v) is 4.66. The average molecular weight is 379 g/mol. The molecule has 0 aliphatic carbocycles. The Labute approximate surface area is 162 Å². The maximum Gasteiger partial charge on any atom is 0.278 e. The van der Waals surface area contributed by atoms with Crippen molar-refractivity contribution in [3.8, 4) is 11.8 Å². The molecule has 4 rings (SSSR count). The Kier molecular flexibility index (Phi) is 5.18.